The topological polar surface area (TPSA) is 32.7 Å². The van der Waals surface area contributed by atoms with Crippen LogP contribution in [0.15, 0.2) is 24.3 Å². The molecule has 1 fully saturated rings. The van der Waals surface area contributed by atoms with Crippen molar-refractivity contribution < 1.29 is 18.6 Å². The van der Waals surface area contributed by atoms with Gasteiger partial charge in [-0.15, -0.1) is 0 Å². The molecule has 19 heavy (non-hydrogen) atoms. The Morgan fingerprint density at radius 2 is 2.16 bits per heavy atom. The van der Waals surface area contributed by atoms with Gasteiger partial charge < -0.3 is 9.84 Å². The molecule has 5 heteroatoms. The Kier molecular flexibility index (Phi) is 4.71. The number of hydrogen-bond donors (Lipinski definition) is 1. The van der Waals surface area contributed by atoms with Crippen molar-refractivity contribution in [3.05, 3.63) is 29.8 Å². The quantitative estimate of drug-likeness (QED) is 0.913. The molecule has 0 amide bonds. The van der Waals surface area contributed by atoms with Crippen molar-refractivity contribution in [1.29, 1.82) is 0 Å². The number of hydrogen-bond acceptors (Lipinski definition) is 3. The Bertz CT molecular complexity index is 414. The summed E-state index contributed by atoms with van der Waals surface area (Å²) in [5.41, 5.74) is 0.756. The fraction of sp³-hybridized carbons (Fsp3) is 0.571. The highest BCUT2D eigenvalue weighted by Gasteiger charge is 2.24. The van der Waals surface area contributed by atoms with Gasteiger partial charge in [0, 0.05) is 25.2 Å². The Morgan fingerprint density at radius 3 is 2.84 bits per heavy atom. The smallest absolute Gasteiger partial charge is 0.387 e. The summed E-state index contributed by atoms with van der Waals surface area (Å²) in [5.74, 6) is 0.438. The molecule has 3 nitrogen and oxygen atoms in total. The van der Waals surface area contributed by atoms with Gasteiger partial charge in [0.05, 0.1) is 6.10 Å². The molecule has 0 aromatic heterocycles. The second-order valence-electron chi connectivity index (χ2n) is 5.05. The Balaban J connectivity index is 2.02. The lowest BCUT2D eigenvalue weighted by molar-refractivity contribution is -0.0510. The highest BCUT2D eigenvalue weighted by atomic mass is 19.3. The molecule has 1 N–H and O–H groups in total. The first kappa shape index (κ1) is 14.2. The number of halogens is 2. The molecule has 106 valence electrons. The number of benzene rings is 1. The minimum atomic E-state index is -2.80. The van der Waals surface area contributed by atoms with E-state index in [-0.39, 0.29) is 17.8 Å². The number of nitrogens with zero attached hydrogens (tertiary/aromatic N) is 1. The minimum Gasteiger partial charge on any atom is -0.434 e. The zero-order valence-corrected chi connectivity index (χ0v) is 10.9. The van der Waals surface area contributed by atoms with Crippen molar-refractivity contribution in [3.8, 4) is 5.75 Å². The Labute approximate surface area is 111 Å². The average Bonchev–Trinajstić information content (AvgIpc) is 2.36. The van der Waals surface area contributed by atoms with Crippen LogP contribution in [0.4, 0.5) is 8.78 Å². The van der Waals surface area contributed by atoms with E-state index in [1.54, 1.807) is 18.2 Å². The number of para-hydroxylation sites is 1. The van der Waals surface area contributed by atoms with Crippen LogP contribution in [-0.2, 0) is 6.54 Å². The molecule has 1 aromatic carbocycles. The van der Waals surface area contributed by atoms with Gasteiger partial charge in [0.15, 0.2) is 0 Å². The summed E-state index contributed by atoms with van der Waals surface area (Å²) in [6, 6.07) is 6.86. The molecular weight excluding hydrogens is 252 g/mol. The Morgan fingerprint density at radius 1 is 1.42 bits per heavy atom. The van der Waals surface area contributed by atoms with Crippen molar-refractivity contribution in [2.24, 2.45) is 5.92 Å². The van der Waals surface area contributed by atoms with E-state index in [1.165, 1.54) is 0 Å². The summed E-state index contributed by atoms with van der Waals surface area (Å²) in [5, 5.41) is 9.68. The molecule has 0 spiro atoms. The van der Waals surface area contributed by atoms with E-state index in [4.69, 9.17) is 0 Å². The van der Waals surface area contributed by atoms with Gasteiger partial charge in [-0.2, -0.15) is 8.78 Å². The number of piperidine rings is 1. The van der Waals surface area contributed by atoms with E-state index in [0.29, 0.717) is 6.54 Å². The van der Waals surface area contributed by atoms with Gasteiger partial charge in [0.25, 0.3) is 0 Å². The lowest BCUT2D eigenvalue weighted by Crippen LogP contribution is -2.41. The minimum absolute atomic E-state index is 0.205. The van der Waals surface area contributed by atoms with Crippen LogP contribution in [0.5, 0.6) is 5.75 Å². The van der Waals surface area contributed by atoms with Crippen LogP contribution in [0.2, 0.25) is 0 Å². The molecule has 1 aliphatic heterocycles. The van der Waals surface area contributed by atoms with Gasteiger partial charge >= 0.3 is 6.61 Å². The second kappa shape index (κ2) is 6.30. The van der Waals surface area contributed by atoms with Gasteiger partial charge in [0.1, 0.15) is 5.75 Å². The van der Waals surface area contributed by atoms with Crippen LogP contribution in [-0.4, -0.2) is 35.8 Å². The molecule has 2 rings (SSSR count). The average molecular weight is 271 g/mol. The third kappa shape index (κ3) is 3.88. The lowest BCUT2D eigenvalue weighted by Gasteiger charge is -2.34. The van der Waals surface area contributed by atoms with E-state index in [2.05, 4.69) is 9.64 Å². The third-order valence-corrected chi connectivity index (χ3v) is 3.53. The molecule has 0 aliphatic carbocycles. The number of aliphatic hydroxyl groups is 1. The van der Waals surface area contributed by atoms with Crippen LogP contribution in [0, 0.1) is 5.92 Å². The number of aliphatic hydroxyl groups excluding tert-OH is 1. The third-order valence-electron chi connectivity index (χ3n) is 3.53. The summed E-state index contributed by atoms with van der Waals surface area (Å²) in [6.07, 6.45) is 0.461. The predicted molar refractivity (Wildman–Crippen MR) is 68.1 cm³/mol. The maximum atomic E-state index is 12.3. The van der Waals surface area contributed by atoms with Crippen molar-refractivity contribution in [2.45, 2.75) is 32.6 Å². The van der Waals surface area contributed by atoms with Crippen LogP contribution in [0.1, 0.15) is 18.9 Å². The fourth-order valence-corrected chi connectivity index (χ4v) is 2.45. The zero-order chi connectivity index (χ0) is 13.8. The van der Waals surface area contributed by atoms with E-state index in [9.17, 15) is 13.9 Å². The van der Waals surface area contributed by atoms with E-state index in [0.717, 1.165) is 25.1 Å². The molecule has 0 bridgehead atoms. The molecule has 2 atom stereocenters. The van der Waals surface area contributed by atoms with Crippen LogP contribution in [0.25, 0.3) is 0 Å². The van der Waals surface area contributed by atoms with Gasteiger partial charge in [-0.05, 0) is 18.4 Å². The largest absolute Gasteiger partial charge is 0.434 e. The molecule has 1 aromatic rings. The van der Waals surface area contributed by atoms with Gasteiger partial charge in [-0.3, -0.25) is 4.90 Å². The van der Waals surface area contributed by atoms with Crippen LogP contribution in [0.3, 0.4) is 0 Å². The summed E-state index contributed by atoms with van der Waals surface area (Å²) >= 11 is 0. The first-order valence-electron chi connectivity index (χ1n) is 6.49. The van der Waals surface area contributed by atoms with Crippen molar-refractivity contribution in [1.82, 2.24) is 4.90 Å². The molecule has 0 radical (unpaired) electrons. The maximum absolute atomic E-state index is 12.3. The molecule has 2 unspecified atom stereocenters. The summed E-state index contributed by atoms with van der Waals surface area (Å²) in [4.78, 5) is 2.16. The normalized spacial score (nSPS) is 24.7. The van der Waals surface area contributed by atoms with Gasteiger partial charge in [-0.1, -0.05) is 25.1 Å². The van der Waals surface area contributed by atoms with Crippen molar-refractivity contribution >= 4 is 0 Å². The maximum Gasteiger partial charge on any atom is 0.387 e. The molecule has 0 saturated carbocycles. The first-order valence-corrected chi connectivity index (χ1v) is 6.49. The standard InChI is InChI=1S/C14H19F2NO2/c1-10-8-17(7-6-12(10)18)9-11-4-2-3-5-13(11)19-14(15)16/h2-5,10,12,14,18H,6-9H2,1H3. The van der Waals surface area contributed by atoms with Crippen LogP contribution < -0.4 is 4.74 Å². The predicted octanol–water partition coefficient (Wildman–Crippen LogP) is 2.49. The van der Waals surface area contributed by atoms with Crippen molar-refractivity contribution in [2.75, 3.05) is 13.1 Å². The number of ether oxygens (including phenoxy) is 1. The first-order chi connectivity index (χ1) is 9.06. The van der Waals surface area contributed by atoms with E-state index in [1.807, 2.05) is 13.0 Å². The van der Waals surface area contributed by atoms with Gasteiger partial charge in [0.2, 0.25) is 0 Å². The lowest BCUT2D eigenvalue weighted by atomic mass is 9.96. The molecule has 1 saturated heterocycles. The molecular formula is C14H19F2NO2. The fourth-order valence-electron chi connectivity index (χ4n) is 2.45. The highest BCUT2D eigenvalue weighted by Crippen LogP contribution is 2.24. The zero-order valence-electron chi connectivity index (χ0n) is 10.9. The number of likely N-dealkylation sites (tertiary alicyclic amines) is 1. The van der Waals surface area contributed by atoms with Crippen LogP contribution >= 0.6 is 0 Å². The molecule has 1 heterocycles. The SMILES string of the molecule is CC1CN(Cc2ccccc2OC(F)F)CCC1O. The summed E-state index contributed by atoms with van der Waals surface area (Å²) in [6.45, 7) is 1.31. The Hall–Kier alpha value is -1.20. The van der Waals surface area contributed by atoms with E-state index >= 15 is 0 Å². The second-order valence-corrected chi connectivity index (χ2v) is 5.05. The summed E-state index contributed by atoms with van der Waals surface area (Å²) in [7, 11) is 0. The van der Waals surface area contributed by atoms with E-state index < -0.39 is 6.61 Å². The van der Waals surface area contributed by atoms with Crippen molar-refractivity contribution in [3.63, 3.8) is 0 Å². The monoisotopic (exact) mass is 271 g/mol. The summed E-state index contributed by atoms with van der Waals surface area (Å²) < 4.78 is 29.2. The van der Waals surface area contributed by atoms with Gasteiger partial charge in [-0.25, -0.2) is 0 Å². The highest BCUT2D eigenvalue weighted by molar-refractivity contribution is 5.33. The number of rotatable bonds is 4. The molecule has 1 aliphatic rings. The number of alkyl halides is 2.